The summed E-state index contributed by atoms with van der Waals surface area (Å²) >= 11 is 0. The van der Waals surface area contributed by atoms with Crippen molar-refractivity contribution in [2.45, 2.75) is 38.0 Å². The number of ether oxygens (including phenoxy) is 1. The predicted octanol–water partition coefficient (Wildman–Crippen LogP) is 4.27. The summed E-state index contributed by atoms with van der Waals surface area (Å²) in [7, 11) is 0. The standard InChI is InChI=1S/C25H22F3N5O3/c1-25(35)10-13(11-25)33-22(29)18(23(30)34)20(32-33)15-8-7-14-17(36-24(27)28)9-16(31-21(14)19(15)26)12-5-3-2-4-6-12/h2-9,13,24,35H,10-11,29H2,1H3,(H2,30,34). The molecule has 0 aliphatic heterocycles. The van der Waals surface area contributed by atoms with Crippen LogP contribution in [0.5, 0.6) is 5.75 Å². The molecular formula is C25H22F3N5O3. The van der Waals surface area contributed by atoms with Crippen molar-refractivity contribution in [3.05, 3.63) is 59.9 Å². The van der Waals surface area contributed by atoms with Crippen molar-refractivity contribution in [1.29, 1.82) is 0 Å². The van der Waals surface area contributed by atoms with Crippen LogP contribution in [0.25, 0.3) is 33.4 Å². The minimum atomic E-state index is -3.14. The average Bonchev–Trinajstić information content (AvgIpc) is 3.14. The minimum absolute atomic E-state index is 0.0132. The zero-order valence-electron chi connectivity index (χ0n) is 19.1. The number of halogens is 3. The lowest BCUT2D eigenvalue weighted by Crippen LogP contribution is -2.42. The Hall–Kier alpha value is -4.12. The van der Waals surface area contributed by atoms with E-state index in [4.69, 9.17) is 11.5 Å². The number of nitrogen functional groups attached to an aromatic ring is 1. The van der Waals surface area contributed by atoms with Gasteiger partial charge in [-0.3, -0.25) is 4.79 Å². The van der Waals surface area contributed by atoms with E-state index in [0.717, 1.165) is 0 Å². The van der Waals surface area contributed by atoms with E-state index in [0.29, 0.717) is 18.4 Å². The zero-order valence-corrected chi connectivity index (χ0v) is 19.1. The molecule has 1 fully saturated rings. The molecule has 0 atom stereocenters. The van der Waals surface area contributed by atoms with Crippen LogP contribution in [0.1, 0.15) is 36.2 Å². The van der Waals surface area contributed by atoms with Gasteiger partial charge in [-0.1, -0.05) is 30.3 Å². The number of primary amides is 1. The van der Waals surface area contributed by atoms with Gasteiger partial charge in [-0.25, -0.2) is 14.1 Å². The van der Waals surface area contributed by atoms with Crippen molar-refractivity contribution >= 4 is 22.6 Å². The van der Waals surface area contributed by atoms with E-state index in [-0.39, 0.29) is 51.0 Å². The van der Waals surface area contributed by atoms with Crippen LogP contribution in [0.4, 0.5) is 19.0 Å². The summed E-state index contributed by atoms with van der Waals surface area (Å²) in [5.41, 5.74) is 10.9. The van der Waals surface area contributed by atoms with Crippen LogP contribution in [0, 0.1) is 5.82 Å². The predicted molar refractivity (Wildman–Crippen MR) is 127 cm³/mol. The van der Waals surface area contributed by atoms with E-state index in [2.05, 4.69) is 14.8 Å². The van der Waals surface area contributed by atoms with Crippen molar-refractivity contribution < 1.29 is 27.8 Å². The summed E-state index contributed by atoms with van der Waals surface area (Å²) < 4.78 is 48.3. The van der Waals surface area contributed by atoms with E-state index in [9.17, 15) is 18.7 Å². The molecule has 1 aliphatic carbocycles. The second-order valence-corrected chi connectivity index (χ2v) is 9.05. The maximum absolute atomic E-state index is 16.0. The van der Waals surface area contributed by atoms with E-state index in [1.54, 1.807) is 37.3 Å². The van der Waals surface area contributed by atoms with Gasteiger partial charge in [-0.15, -0.1) is 0 Å². The van der Waals surface area contributed by atoms with Crippen molar-refractivity contribution in [3.8, 4) is 28.3 Å². The molecule has 1 amide bonds. The number of benzene rings is 2. The Bertz CT molecular complexity index is 1480. The number of pyridine rings is 1. The summed E-state index contributed by atoms with van der Waals surface area (Å²) in [4.78, 5) is 16.6. The van der Waals surface area contributed by atoms with E-state index >= 15 is 4.39 Å². The number of aliphatic hydroxyl groups is 1. The fourth-order valence-electron chi connectivity index (χ4n) is 4.65. The summed E-state index contributed by atoms with van der Waals surface area (Å²) in [6.45, 7) is -1.48. The molecule has 5 N–H and O–H groups in total. The first kappa shape index (κ1) is 23.6. The van der Waals surface area contributed by atoms with Crippen LogP contribution < -0.4 is 16.2 Å². The Balaban J connectivity index is 1.71. The minimum Gasteiger partial charge on any atom is -0.434 e. The summed E-state index contributed by atoms with van der Waals surface area (Å²) in [5, 5.41) is 14.5. The number of rotatable bonds is 6. The van der Waals surface area contributed by atoms with Crippen LogP contribution in [-0.2, 0) is 0 Å². The Morgan fingerprint density at radius 2 is 1.92 bits per heavy atom. The van der Waals surface area contributed by atoms with Gasteiger partial charge in [0.25, 0.3) is 5.91 Å². The number of nitrogens with zero attached hydrogens (tertiary/aromatic N) is 3. The first-order valence-corrected chi connectivity index (χ1v) is 11.1. The Morgan fingerprint density at radius 3 is 2.53 bits per heavy atom. The number of carbonyl (C=O) groups excluding carboxylic acids is 1. The number of hydrogen-bond acceptors (Lipinski definition) is 6. The van der Waals surface area contributed by atoms with Gasteiger partial charge in [0.1, 0.15) is 28.3 Å². The fourth-order valence-corrected chi connectivity index (χ4v) is 4.65. The highest BCUT2D eigenvalue weighted by Gasteiger charge is 2.42. The van der Waals surface area contributed by atoms with Crippen LogP contribution in [0.2, 0.25) is 0 Å². The number of amides is 1. The Morgan fingerprint density at radius 1 is 1.22 bits per heavy atom. The van der Waals surface area contributed by atoms with Gasteiger partial charge in [0, 0.05) is 22.6 Å². The molecule has 36 heavy (non-hydrogen) atoms. The highest BCUT2D eigenvalue weighted by molar-refractivity contribution is 6.04. The number of aromatic nitrogens is 3. The smallest absolute Gasteiger partial charge is 0.387 e. The number of carbonyl (C=O) groups is 1. The second-order valence-electron chi connectivity index (χ2n) is 9.05. The molecule has 2 heterocycles. The van der Waals surface area contributed by atoms with Gasteiger partial charge in [0.2, 0.25) is 0 Å². The number of anilines is 1. The van der Waals surface area contributed by atoms with E-state index in [1.807, 2.05) is 0 Å². The SMILES string of the molecule is CC1(O)CC(n2nc(-c3ccc4c(OC(F)F)cc(-c5ccccc5)nc4c3F)c(C(N)=O)c2N)C1. The molecule has 0 unspecified atom stereocenters. The second kappa shape index (κ2) is 8.52. The maximum atomic E-state index is 16.0. The van der Waals surface area contributed by atoms with E-state index < -0.39 is 23.9 Å². The molecule has 0 spiro atoms. The average molecular weight is 497 g/mol. The van der Waals surface area contributed by atoms with Gasteiger partial charge >= 0.3 is 6.61 Å². The maximum Gasteiger partial charge on any atom is 0.387 e. The van der Waals surface area contributed by atoms with Gasteiger partial charge in [-0.2, -0.15) is 13.9 Å². The highest BCUT2D eigenvalue weighted by atomic mass is 19.3. The molecule has 0 saturated heterocycles. The third-order valence-corrected chi connectivity index (χ3v) is 6.31. The topological polar surface area (TPSA) is 129 Å². The van der Waals surface area contributed by atoms with Crippen molar-refractivity contribution in [2.24, 2.45) is 5.73 Å². The molecule has 5 rings (SSSR count). The lowest BCUT2D eigenvalue weighted by atomic mass is 9.77. The molecular weight excluding hydrogens is 475 g/mol. The molecule has 11 heteroatoms. The molecule has 0 bridgehead atoms. The lowest BCUT2D eigenvalue weighted by molar-refractivity contribution is -0.0536. The molecule has 8 nitrogen and oxygen atoms in total. The van der Waals surface area contributed by atoms with Crippen LogP contribution in [0.3, 0.4) is 0 Å². The third-order valence-electron chi connectivity index (χ3n) is 6.31. The fraction of sp³-hybridized carbons (Fsp3) is 0.240. The molecule has 186 valence electrons. The monoisotopic (exact) mass is 497 g/mol. The van der Waals surface area contributed by atoms with Gasteiger partial charge < -0.3 is 21.3 Å². The van der Waals surface area contributed by atoms with Crippen LogP contribution in [-0.4, -0.2) is 38.0 Å². The summed E-state index contributed by atoms with van der Waals surface area (Å²) in [6.07, 6.45) is 0.681. The molecule has 4 aromatic rings. The first-order valence-electron chi connectivity index (χ1n) is 11.1. The number of alkyl halides is 2. The molecule has 2 aromatic heterocycles. The number of hydrogen-bond donors (Lipinski definition) is 3. The normalized spacial score (nSPS) is 19.4. The Labute approximate surface area is 203 Å². The largest absolute Gasteiger partial charge is 0.434 e. The number of fused-ring (bicyclic) bond motifs is 1. The van der Waals surface area contributed by atoms with Gasteiger partial charge in [0.05, 0.1) is 17.3 Å². The van der Waals surface area contributed by atoms with Crippen LogP contribution >= 0.6 is 0 Å². The zero-order chi connectivity index (χ0) is 25.8. The van der Waals surface area contributed by atoms with Gasteiger partial charge in [-0.05, 0) is 31.9 Å². The molecule has 1 saturated carbocycles. The Kier molecular flexibility index (Phi) is 5.59. The summed E-state index contributed by atoms with van der Waals surface area (Å²) in [6, 6.07) is 12.3. The van der Waals surface area contributed by atoms with Crippen molar-refractivity contribution in [1.82, 2.24) is 14.8 Å². The highest BCUT2D eigenvalue weighted by Crippen LogP contribution is 2.44. The molecule has 2 aromatic carbocycles. The van der Waals surface area contributed by atoms with Crippen molar-refractivity contribution in [2.75, 3.05) is 5.73 Å². The molecule has 1 aliphatic rings. The molecule has 0 radical (unpaired) electrons. The summed E-state index contributed by atoms with van der Waals surface area (Å²) in [5.74, 6) is -2.12. The van der Waals surface area contributed by atoms with Crippen LogP contribution in [0.15, 0.2) is 48.5 Å². The number of nitrogens with two attached hydrogens (primary N) is 2. The van der Waals surface area contributed by atoms with E-state index in [1.165, 1.54) is 22.9 Å². The first-order chi connectivity index (χ1) is 17.1. The quantitative estimate of drug-likeness (QED) is 0.365. The van der Waals surface area contributed by atoms with Crippen molar-refractivity contribution in [3.63, 3.8) is 0 Å². The third kappa shape index (κ3) is 4.01. The lowest BCUT2D eigenvalue weighted by Gasteiger charge is -2.41. The van der Waals surface area contributed by atoms with Gasteiger partial charge in [0.15, 0.2) is 5.82 Å².